The van der Waals surface area contributed by atoms with Crippen molar-refractivity contribution < 1.29 is 14.2 Å². The lowest BCUT2D eigenvalue weighted by atomic mass is 10.2. The maximum Gasteiger partial charge on any atom is 0.244 e. The van der Waals surface area contributed by atoms with Gasteiger partial charge in [0, 0.05) is 0 Å². The Kier molecular flexibility index (Phi) is 3.08. The first kappa shape index (κ1) is 12.2. The maximum absolute atomic E-state index is 7.45. The first-order valence-electron chi connectivity index (χ1n) is 5.91. The number of amidine groups is 1. The summed E-state index contributed by atoms with van der Waals surface area (Å²) < 4.78 is 16.1. The Balaban J connectivity index is 1.75. The molecule has 1 aromatic heterocycles. The van der Waals surface area contributed by atoms with Crippen molar-refractivity contribution in [2.75, 3.05) is 6.79 Å². The van der Waals surface area contributed by atoms with Crippen LogP contribution in [0.3, 0.4) is 0 Å². The molecule has 3 rings (SSSR count). The molecule has 20 heavy (non-hydrogen) atoms. The fourth-order valence-electron chi connectivity index (χ4n) is 1.81. The van der Waals surface area contributed by atoms with E-state index in [1.165, 1.54) is 6.20 Å². The van der Waals surface area contributed by atoms with E-state index in [2.05, 4.69) is 10.2 Å². The topological polar surface area (TPSA) is 103 Å². The number of ether oxygens (including phenoxy) is 3. The number of nitrogens with zero attached hydrogens (tertiary/aromatic N) is 2. The predicted molar refractivity (Wildman–Crippen MR) is 69.9 cm³/mol. The molecule has 0 saturated carbocycles. The number of nitrogens with two attached hydrogens (primary N) is 1. The van der Waals surface area contributed by atoms with E-state index in [9.17, 15) is 0 Å². The Morgan fingerprint density at radius 1 is 1.30 bits per heavy atom. The number of hydrogen-bond donors (Lipinski definition) is 2. The molecule has 0 bridgehead atoms. The third-order valence-electron chi connectivity index (χ3n) is 2.79. The first-order chi connectivity index (χ1) is 9.74. The molecule has 0 amide bonds. The van der Waals surface area contributed by atoms with Crippen LogP contribution in [0.4, 0.5) is 0 Å². The molecular formula is C13H12N4O3. The van der Waals surface area contributed by atoms with Gasteiger partial charge in [-0.15, -0.1) is 5.10 Å². The molecule has 0 saturated heterocycles. The largest absolute Gasteiger partial charge is 0.471 e. The third kappa shape index (κ3) is 2.33. The van der Waals surface area contributed by atoms with Crippen LogP contribution in [0.15, 0.2) is 30.5 Å². The summed E-state index contributed by atoms with van der Waals surface area (Å²) in [5.41, 5.74) is 6.77. The summed E-state index contributed by atoms with van der Waals surface area (Å²) in [6, 6.07) is 7.12. The van der Waals surface area contributed by atoms with Crippen LogP contribution < -0.4 is 19.9 Å². The number of hydrogen-bond acceptors (Lipinski definition) is 6. The number of rotatable bonds is 4. The van der Waals surface area contributed by atoms with E-state index in [0.717, 1.165) is 11.3 Å². The van der Waals surface area contributed by atoms with E-state index in [1.807, 2.05) is 18.2 Å². The summed E-state index contributed by atoms with van der Waals surface area (Å²) in [6.07, 6.45) is 1.46. The second-order valence-electron chi connectivity index (χ2n) is 4.14. The Hall–Kier alpha value is -2.83. The van der Waals surface area contributed by atoms with Crippen LogP contribution in [0.5, 0.6) is 17.4 Å². The molecule has 0 unspecified atom stereocenters. The highest BCUT2D eigenvalue weighted by Crippen LogP contribution is 2.32. The van der Waals surface area contributed by atoms with Crippen molar-refractivity contribution in [3.63, 3.8) is 0 Å². The van der Waals surface area contributed by atoms with E-state index in [0.29, 0.717) is 11.3 Å². The molecule has 0 radical (unpaired) electrons. The summed E-state index contributed by atoms with van der Waals surface area (Å²) in [5, 5.41) is 15.0. The van der Waals surface area contributed by atoms with Crippen molar-refractivity contribution >= 4 is 5.84 Å². The van der Waals surface area contributed by atoms with Crippen LogP contribution in [-0.2, 0) is 6.61 Å². The Labute approximate surface area is 114 Å². The van der Waals surface area contributed by atoms with E-state index in [4.69, 9.17) is 25.4 Å². The van der Waals surface area contributed by atoms with Gasteiger partial charge in [-0.1, -0.05) is 6.07 Å². The second kappa shape index (κ2) is 5.04. The summed E-state index contributed by atoms with van der Waals surface area (Å²) in [6.45, 7) is 0.508. The molecule has 7 heteroatoms. The Morgan fingerprint density at radius 3 is 3.00 bits per heavy atom. The van der Waals surface area contributed by atoms with E-state index < -0.39 is 0 Å². The predicted octanol–water partition coefficient (Wildman–Crippen LogP) is 1.07. The molecule has 0 fully saturated rings. The van der Waals surface area contributed by atoms with Crippen LogP contribution in [0.1, 0.15) is 11.1 Å². The van der Waals surface area contributed by atoms with Gasteiger partial charge in [0.15, 0.2) is 11.5 Å². The van der Waals surface area contributed by atoms with Crippen molar-refractivity contribution in [1.82, 2.24) is 10.2 Å². The Morgan fingerprint density at radius 2 is 2.15 bits per heavy atom. The zero-order valence-corrected chi connectivity index (χ0v) is 10.5. The first-order valence-corrected chi connectivity index (χ1v) is 5.91. The van der Waals surface area contributed by atoms with Gasteiger partial charge in [0.25, 0.3) is 0 Å². The monoisotopic (exact) mass is 272 g/mol. The maximum atomic E-state index is 7.45. The number of aromatic nitrogens is 2. The van der Waals surface area contributed by atoms with Gasteiger partial charge in [-0.05, 0) is 23.8 Å². The van der Waals surface area contributed by atoms with Gasteiger partial charge in [0.05, 0.1) is 11.8 Å². The van der Waals surface area contributed by atoms with Gasteiger partial charge in [-0.25, -0.2) is 0 Å². The van der Waals surface area contributed by atoms with Gasteiger partial charge in [0.1, 0.15) is 12.4 Å². The van der Waals surface area contributed by atoms with Crippen molar-refractivity contribution in [2.45, 2.75) is 6.61 Å². The van der Waals surface area contributed by atoms with Gasteiger partial charge < -0.3 is 19.9 Å². The van der Waals surface area contributed by atoms with Gasteiger partial charge in [-0.3, -0.25) is 5.41 Å². The van der Waals surface area contributed by atoms with E-state index in [-0.39, 0.29) is 25.1 Å². The smallest absolute Gasteiger partial charge is 0.244 e. The normalized spacial score (nSPS) is 12.2. The zero-order chi connectivity index (χ0) is 13.9. The molecule has 1 aliphatic heterocycles. The van der Waals surface area contributed by atoms with E-state index in [1.54, 1.807) is 6.07 Å². The lowest BCUT2D eigenvalue weighted by Crippen LogP contribution is -2.14. The minimum absolute atomic E-state index is 0.111. The van der Waals surface area contributed by atoms with Crippen molar-refractivity contribution in [1.29, 1.82) is 5.41 Å². The van der Waals surface area contributed by atoms with E-state index >= 15 is 0 Å². The molecule has 1 aliphatic rings. The fourth-order valence-corrected chi connectivity index (χ4v) is 1.81. The van der Waals surface area contributed by atoms with Crippen molar-refractivity contribution in [3.05, 3.63) is 41.6 Å². The van der Waals surface area contributed by atoms with Crippen LogP contribution >= 0.6 is 0 Å². The molecule has 2 aromatic rings. The standard InChI is InChI=1S/C13H12N4O3/c14-12(15)9-3-4-16-17-13(9)18-6-8-1-2-10-11(5-8)20-7-19-10/h1-5H,6-7H2,(H3,14,15). The highest BCUT2D eigenvalue weighted by Gasteiger charge is 2.14. The SMILES string of the molecule is N=C(N)c1ccnnc1OCc1ccc2c(c1)OCO2. The fraction of sp³-hybridized carbons (Fsp3) is 0.154. The van der Waals surface area contributed by atoms with Crippen molar-refractivity contribution in [2.24, 2.45) is 5.73 Å². The lowest BCUT2D eigenvalue weighted by Gasteiger charge is -2.08. The summed E-state index contributed by atoms with van der Waals surface area (Å²) in [4.78, 5) is 0. The third-order valence-corrected chi connectivity index (χ3v) is 2.79. The molecule has 1 aromatic carbocycles. The van der Waals surface area contributed by atoms with Gasteiger partial charge in [-0.2, -0.15) is 5.10 Å². The molecule has 3 N–H and O–H groups in total. The Bertz CT molecular complexity index is 660. The molecule has 102 valence electrons. The summed E-state index contributed by atoms with van der Waals surface area (Å²) in [5.74, 6) is 1.54. The zero-order valence-electron chi connectivity index (χ0n) is 10.5. The minimum Gasteiger partial charge on any atom is -0.471 e. The average molecular weight is 272 g/mol. The van der Waals surface area contributed by atoms with Crippen LogP contribution in [-0.4, -0.2) is 22.8 Å². The number of fused-ring (bicyclic) bond motifs is 1. The second-order valence-corrected chi connectivity index (χ2v) is 4.14. The quantitative estimate of drug-likeness (QED) is 0.637. The van der Waals surface area contributed by atoms with Crippen LogP contribution in [0, 0.1) is 5.41 Å². The molecule has 0 aliphatic carbocycles. The number of benzene rings is 1. The van der Waals surface area contributed by atoms with Gasteiger partial charge in [0.2, 0.25) is 12.7 Å². The van der Waals surface area contributed by atoms with Crippen LogP contribution in [0.25, 0.3) is 0 Å². The molecule has 0 spiro atoms. The average Bonchev–Trinajstić information content (AvgIpc) is 2.92. The van der Waals surface area contributed by atoms with Crippen molar-refractivity contribution in [3.8, 4) is 17.4 Å². The van der Waals surface area contributed by atoms with Crippen LogP contribution in [0.2, 0.25) is 0 Å². The summed E-state index contributed by atoms with van der Waals surface area (Å²) >= 11 is 0. The number of nitrogen functional groups attached to an aromatic ring is 1. The van der Waals surface area contributed by atoms with Gasteiger partial charge >= 0.3 is 0 Å². The highest BCUT2D eigenvalue weighted by atomic mass is 16.7. The highest BCUT2D eigenvalue weighted by molar-refractivity contribution is 5.96. The molecule has 2 heterocycles. The molecule has 7 nitrogen and oxygen atoms in total. The molecule has 0 atom stereocenters. The number of nitrogens with one attached hydrogen (secondary N) is 1. The summed E-state index contributed by atoms with van der Waals surface area (Å²) in [7, 11) is 0. The lowest BCUT2D eigenvalue weighted by molar-refractivity contribution is 0.174. The minimum atomic E-state index is -0.111. The molecular weight excluding hydrogens is 260 g/mol.